The zero-order valence-corrected chi connectivity index (χ0v) is 19.7. The van der Waals surface area contributed by atoms with Crippen molar-refractivity contribution in [1.29, 1.82) is 0 Å². The first-order chi connectivity index (χ1) is 14.6. The molecule has 1 saturated carbocycles. The molecule has 11 heteroatoms. The number of nitrogens with zero attached hydrogens (tertiary/aromatic N) is 2. The largest absolute Gasteiger partial charge is 0.368 e. The van der Waals surface area contributed by atoms with E-state index in [9.17, 15) is 18.0 Å². The van der Waals surface area contributed by atoms with Crippen LogP contribution in [0.4, 0.5) is 5.82 Å². The molecule has 0 atom stereocenters. The van der Waals surface area contributed by atoms with Crippen LogP contribution >= 0.6 is 22.9 Å². The maximum absolute atomic E-state index is 13.0. The first-order valence-corrected chi connectivity index (χ1v) is 12.7. The fourth-order valence-electron chi connectivity index (χ4n) is 3.71. The van der Waals surface area contributed by atoms with Crippen molar-refractivity contribution >= 4 is 50.6 Å². The summed E-state index contributed by atoms with van der Waals surface area (Å²) < 4.78 is 28.1. The number of thiazole rings is 1. The Morgan fingerprint density at radius 1 is 1.23 bits per heavy atom. The van der Waals surface area contributed by atoms with E-state index in [4.69, 9.17) is 17.3 Å². The van der Waals surface area contributed by atoms with Crippen molar-refractivity contribution in [3.63, 3.8) is 0 Å². The third-order valence-electron chi connectivity index (χ3n) is 5.27. The molecule has 1 aliphatic carbocycles. The highest BCUT2D eigenvalue weighted by molar-refractivity contribution is 7.92. The van der Waals surface area contributed by atoms with Gasteiger partial charge in [0.15, 0.2) is 10.8 Å². The minimum Gasteiger partial charge on any atom is -0.368 e. The van der Waals surface area contributed by atoms with Gasteiger partial charge in [-0.05, 0) is 49.9 Å². The summed E-state index contributed by atoms with van der Waals surface area (Å²) in [6.07, 6.45) is 4.67. The summed E-state index contributed by atoms with van der Waals surface area (Å²) in [6.45, 7) is 3.19. The van der Waals surface area contributed by atoms with E-state index in [1.165, 1.54) is 16.3 Å². The number of rotatable bonds is 7. The molecule has 3 N–H and O–H groups in total. The standard InChI is InChI=1S/C20H25ClN4O4S2/c1-12-9-16(13(2)8-15(12)21)31(28,29)24-18-11-30-19(23-18)20(27)25(10-17(22)26)14-6-4-3-5-7-14/h8-9,11,14,24H,3-7,10H2,1-2H3,(H2,22,26). The number of halogens is 1. The summed E-state index contributed by atoms with van der Waals surface area (Å²) in [5, 5.41) is 2.05. The lowest BCUT2D eigenvalue weighted by molar-refractivity contribution is -0.119. The van der Waals surface area contributed by atoms with E-state index >= 15 is 0 Å². The van der Waals surface area contributed by atoms with Gasteiger partial charge in [-0.15, -0.1) is 11.3 Å². The van der Waals surface area contributed by atoms with Gasteiger partial charge in [-0.25, -0.2) is 13.4 Å². The molecule has 2 amide bonds. The summed E-state index contributed by atoms with van der Waals surface area (Å²) in [7, 11) is -3.92. The Kier molecular flexibility index (Phi) is 7.23. The summed E-state index contributed by atoms with van der Waals surface area (Å²) in [5.41, 5.74) is 6.49. The Hall–Kier alpha value is -2.17. The van der Waals surface area contributed by atoms with Crippen LogP contribution in [0.2, 0.25) is 5.02 Å². The smallest absolute Gasteiger partial charge is 0.283 e. The molecule has 3 rings (SSSR count). The van der Waals surface area contributed by atoms with E-state index in [-0.39, 0.29) is 28.3 Å². The van der Waals surface area contributed by atoms with Crippen molar-refractivity contribution in [3.8, 4) is 0 Å². The van der Waals surface area contributed by atoms with Gasteiger partial charge in [0.25, 0.3) is 15.9 Å². The fraction of sp³-hybridized carbons (Fsp3) is 0.450. The van der Waals surface area contributed by atoms with Gasteiger partial charge in [-0.1, -0.05) is 30.9 Å². The molecule has 0 spiro atoms. The molecule has 0 bridgehead atoms. The van der Waals surface area contributed by atoms with Gasteiger partial charge >= 0.3 is 0 Å². The molecule has 1 aromatic carbocycles. The molecular formula is C20H25ClN4O4S2. The van der Waals surface area contributed by atoms with Gasteiger partial charge in [0.1, 0.15) is 0 Å². The van der Waals surface area contributed by atoms with Gasteiger partial charge in [-0.3, -0.25) is 14.3 Å². The van der Waals surface area contributed by atoms with E-state index in [0.29, 0.717) is 16.1 Å². The van der Waals surface area contributed by atoms with Gasteiger partial charge in [0.2, 0.25) is 5.91 Å². The van der Waals surface area contributed by atoms with Crippen molar-refractivity contribution in [2.75, 3.05) is 11.3 Å². The number of primary amides is 1. The van der Waals surface area contributed by atoms with Gasteiger partial charge in [0, 0.05) is 16.4 Å². The lowest BCUT2D eigenvalue weighted by Crippen LogP contribution is -2.46. The summed E-state index contributed by atoms with van der Waals surface area (Å²) in [5.74, 6) is -0.965. The lowest BCUT2D eigenvalue weighted by atomic mass is 9.94. The van der Waals surface area contributed by atoms with E-state index in [1.54, 1.807) is 19.9 Å². The molecule has 31 heavy (non-hydrogen) atoms. The number of carbonyl (C=O) groups excluding carboxylic acids is 2. The molecule has 1 aromatic heterocycles. The highest BCUT2D eigenvalue weighted by Crippen LogP contribution is 2.28. The van der Waals surface area contributed by atoms with Crippen molar-refractivity contribution in [3.05, 3.63) is 38.7 Å². The molecular weight excluding hydrogens is 460 g/mol. The second-order valence-electron chi connectivity index (χ2n) is 7.70. The third kappa shape index (κ3) is 5.55. The van der Waals surface area contributed by atoms with Crippen LogP contribution in [0.5, 0.6) is 0 Å². The average molecular weight is 485 g/mol. The SMILES string of the molecule is Cc1cc(S(=O)(=O)Nc2csc(C(=O)N(CC(N)=O)C3CCCCC3)n2)c(C)cc1Cl. The third-order valence-corrected chi connectivity index (χ3v) is 8.01. The van der Waals surface area contributed by atoms with E-state index in [0.717, 1.165) is 43.4 Å². The number of benzene rings is 1. The van der Waals surface area contributed by atoms with Crippen molar-refractivity contribution in [2.45, 2.75) is 56.9 Å². The van der Waals surface area contributed by atoms with Crippen LogP contribution in [0.3, 0.4) is 0 Å². The number of hydrogen-bond donors (Lipinski definition) is 2. The van der Waals surface area contributed by atoms with Gasteiger partial charge < -0.3 is 10.6 Å². The average Bonchev–Trinajstić information content (AvgIpc) is 3.16. The maximum Gasteiger partial charge on any atom is 0.283 e. The Labute approximate surface area is 190 Å². The predicted molar refractivity (Wildman–Crippen MR) is 121 cm³/mol. The highest BCUT2D eigenvalue weighted by atomic mass is 35.5. The number of amides is 2. The number of anilines is 1. The summed E-state index contributed by atoms with van der Waals surface area (Å²) in [6, 6.07) is 3.01. The van der Waals surface area contributed by atoms with Crippen LogP contribution < -0.4 is 10.5 Å². The van der Waals surface area contributed by atoms with Gasteiger partial charge in [-0.2, -0.15) is 0 Å². The Balaban J connectivity index is 1.82. The fourth-order valence-corrected chi connectivity index (χ4v) is 6.01. The van der Waals surface area contributed by atoms with E-state index in [1.807, 2.05) is 0 Å². The normalized spacial score (nSPS) is 14.9. The number of hydrogen-bond acceptors (Lipinski definition) is 6. The first kappa shape index (κ1) is 23.5. The van der Waals surface area contributed by atoms with Crippen LogP contribution in [-0.4, -0.2) is 42.7 Å². The second-order valence-corrected chi connectivity index (χ2v) is 10.6. The van der Waals surface area contributed by atoms with Crippen LogP contribution in [-0.2, 0) is 14.8 Å². The van der Waals surface area contributed by atoms with Crippen molar-refractivity contribution < 1.29 is 18.0 Å². The monoisotopic (exact) mass is 484 g/mol. The molecule has 0 saturated heterocycles. The first-order valence-electron chi connectivity index (χ1n) is 9.93. The molecule has 2 aromatic rings. The minimum absolute atomic E-state index is 0.0445. The predicted octanol–water partition coefficient (Wildman–Crippen LogP) is 3.47. The summed E-state index contributed by atoms with van der Waals surface area (Å²) in [4.78, 5) is 30.3. The van der Waals surface area contributed by atoms with Crippen molar-refractivity contribution in [2.24, 2.45) is 5.73 Å². The number of nitrogens with one attached hydrogen (secondary N) is 1. The number of nitrogens with two attached hydrogens (primary N) is 1. The number of carbonyl (C=O) groups is 2. The Bertz CT molecular complexity index is 1090. The molecule has 0 unspecified atom stereocenters. The maximum atomic E-state index is 13.0. The minimum atomic E-state index is -3.92. The van der Waals surface area contributed by atoms with Crippen LogP contribution in [0.15, 0.2) is 22.4 Å². The molecule has 0 aliphatic heterocycles. The van der Waals surface area contributed by atoms with E-state index in [2.05, 4.69) is 9.71 Å². The van der Waals surface area contributed by atoms with Crippen molar-refractivity contribution in [1.82, 2.24) is 9.88 Å². The highest BCUT2D eigenvalue weighted by Gasteiger charge is 2.29. The summed E-state index contributed by atoms with van der Waals surface area (Å²) >= 11 is 7.08. The lowest BCUT2D eigenvalue weighted by Gasteiger charge is -2.32. The molecule has 1 fully saturated rings. The van der Waals surface area contributed by atoms with Crippen LogP contribution in [0.25, 0.3) is 0 Å². The Morgan fingerprint density at radius 2 is 1.90 bits per heavy atom. The van der Waals surface area contributed by atoms with Crippen LogP contribution in [0.1, 0.15) is 53.0 Å². The molecule has 168 valence electrons. The topological polar surface area (TPSA) is 122 Å². The zero-order chi connectivity index (χ0) is 22.8. The Morgan fingerprint density at radius 3 is 2.55 bits per heavy atom. The number of aryl methyl sites for hydroxylation is 2. The number of aromatic nitrogens is 1. The van der Waals surface area contributed by atoms with E-state index < -0.39 is 21.8 Å². The van der Waals surface area contributed by atoms with Gasteiger partial charge in [0.05, 0.1) is 11.4 Å². The van der Waals surface area contributed by atoms with Crippen LogP contribution in [0, 0.1) is 13.8 Å². The number of sulfonamides is 1. The molecule has 1 heterocycles. The molecule has 1 aliphatic rings. The molecule has 8 nitrogen and oxygen atoms in total. The zero-order valence-electron chi connectivity index (χ0n) is 17.4. The second kappa shape index (κ2) is 9.54. The quantitative estimate of drug-likeness (QED) is 0.622. The molecule has 0 radical (unpaired) electrons.